The largest absolute Gasteiger partial charge is 0.480 e. The summed E-state index contributed by atoms with van der Waals surface area (Å²) in [7, 11) is 0. The third kappa shape index (κ3) is 3.40. The molecule has 0 aromatic heterocycles. The van der Waals surface area contributed by atoms with E-state index < -0.39 is 11.4 Å². The average molecular weight is 245 g/mol. The summed E-state index contributed by atoms with van der Waals surface area (Å²) in [5.41, 5.74) is -1.10. The predicted molar refractivity (Wildman–Crippen MR) is 64.5 cm³/mol. The maximum atomic E-state index is 11.6. The number of amides is 1. The molecule has 1 fully saturated rings. The molecule has 1 saturated carbocycles. The van der Waals surface area contributed by atoms with Gasteiger partial charge in [0.25, 0.3) is 0 Å². The lowest BCUT2D eigenvalue weighted by molar-refractivity contribution is -0.148. The molecular formula is C11H19NO3S. The summed E-state index contributed by atoms with van der Waals surface area (Å²) in [6.45, 7) is 6.87. The van der Waals surface area contributed by atoms with Crippen LogP contribution in [0.4, 0.5) is 0 Å². The van der Waals surface area contributed by atoms with Crippen LogP contribution >= 0.6 is 11.8 Å². The molecule has 0 aliphatic heterocycles. The van der Waals surface area contributed by atoms with Gasteiger partial charge in [0.15, 0.2) is 0 Å². The van der Waals surface area contributed by atoms with E-state index >= 15 is 0 Å². The Hall–Kier alpha value is -0.710. The van der Waals surface area contributed by atoms with Gasteiger partial charge in [-0.15, -0.1) is 0 Å². The fourth-order valence-corrected chi connectivity index (χ4v) is 2.17. The van der Waals surface area contributed by atoms with E-state index in [1.807, 2.05) is 0 Å². The van der Waals surface area contributed by atoms with Crippen LogP contribution in [-0.2, 0) is 9.59 Å². The summed E-state index contributed by atoms with van der Waals surface area (Å²) in [5.74, 6) is -0.506. The van der Waals surface area contributed by atoms with Gasteiger partial charge in [-0.1, -0.05) is 20.8 Å². The van der Waals surface area contributed by atoms with Crippen molar-refractivity contribution in [3.05, 3.63) is 0 Å². The first kappa shape index (κ1) is 13.4. The van der Waals surface area contributed by atoms with Crippen molar-refractivity contribution in [1.29, 1.82) is 0 Å². The maximum absolute atomic E-state index is 11.6. The summed E-state index contributed by atoms with van der Waals surface area (Å²) in [6.07, 6.45) is 0.946. The number of thioether (sulfide) groups is 1. The number of hydrogen-bond acceptors (Lipinski definition) is 3. The van der Waals surface area contributed by atoms with Crippen molar-refractivity contribution in [3.8, 4) is 0 Å². The van der Waals surface area contributed by atoms with Crippen LogP contribution in [0.1, 0.15) is 33.6 Å². The lowest BCUT2D eigenvalue weighted by Crippen LogP contribution is -2.38. The van der Waals surface area contributed by atoms with Gasteiger partial charge in [0.1, 0.15) is 5.41 Å². The Kier molecular flexibility index (Phi) is 3.88. The van der Waals surface area contributed by atoms with E-state index in [0.29, 0.717) is 19.4 Å². The topological polar surface area (TPSA) is 66.4 Å². The van der Waals surface area contributed by atoms with Gasteiger partial charge in [-0.25, -0.2) is 0 Å². The van der Waals surface area contributed by atoms with Gasteiger partial charge in [-0.05, 0) is 12.8 Å². The Balaban J connectivity index is 2.24. The van der Waals surface area contributed by atoms with E-state index in [2.05, 4.69) is 26.1 Å². The Morgan fingerprint density at radius 2 is 1.94 bits per heavy atom. The molecule has 0 radical (unpaired) electrons. The molecule has 0 saturated heterocycles. The smallest absolute Gasteiger partial charge is 0.319 e. The highest BCUT2D eigenvalue weighted by Crippen LogP contribution is 2.46. The standard InChI is InChI=1S/C11H19NO3S/c1-10(2,3)16-7-6-12-8(13)11(4-5-11)9(14)15/h4-7H2,1-3H3,(H,12,13)(H,14,15). The van der Waals surface area contributed by atoms with Crippen molar-refractivity contribution in [1.82, 2.24) is 5.32 Å². The van der Waals surface area contributed by atoms with E-state index in [4.69, 9.17) is 5.11 Å². The molecular weight excluding hydrogens is 226 g/mol. The number of carboxylic acids is 1. The fraction of sp³-hybridized carbons (Fsp3) is 0.818. The maximum Gasteiger partial charge on any atom is 0.319 e. The minimum Gasteiger partial charge on any atom is -0.480 e. The zero-order valence-electron chi connectivity index (χ0n) is 10.0. The van der Waals surface area contributed by atoms with Crippen molar-refractivity contribution in [3.63, 3.8) is 0 Å². The number of carbonyl (C=O) groups excluding carboxylic acids is 1. The zero-order valence-corrected chi connectivity index (χ0v) is 10.8. The molecule has 16 heavy (non-hydrogen) atoms. The first-order valence-corrected chi connectivity index (χ1v) is 6.42. The van der Waals surface area contributed by atoms with Gasteiger partial charge in [0.05, 0.1) is 0 Å². The van der Waals surface area contributed by atoms with Crippen LogP contribution in [0.15, 0.2) is 0 Å². The molecule has 5 heteroatoms. The minimum absolute atomic E-state index is 0.175. The molecule has 1 amide bonds. The van der Waals surface area contributed by atoms with Crippen LogP contribution < -0.4 is 5.32 Å². The SMILES string of the molecule is CC(C)(C)SCCNC(=O)C1(C(=O)O)CC1. The molecule has 0 spiro atoms. The highest BCUT2D eigenvalue weighted by molar-refractivity contribution is 8.00. The van der Waals surface area contributed by atoms with Crippen LogP contribution in [0, 0.1) is 5.41 Å². The molecule has 0 aromatic carbocycles. The number of carboxylic acid groups (broad SMARTS) is 1. The normalized spacial score (nSPS) is 17.9. The van der Waals surface area contributed by atoms with Gasteiger partial charge in [-0.3, -0.25) is 9.59 Å². The fourth-order valence-electron chi connectivity index (χ4n) is 1.35. The molecule has 1 rings (SSSR count). The zero-order chi connectivity index (χ0) is 12.4. The molecule has 2 N–H and O–H groups in total. The highest BCUT2D eigenvalue weighted by Gasteiger charge is 2.56. The molecule has 0 bridgehead atoms. The Bertz CT molecular complexity index is 292. The van der Waals surface area contributed by atoms with Crippen LogP contribution in [0.5, 0.6) is 0 Å². The third-order valence-corrected chi connectivity index (χ3v) is 3.79. The Labute approximate surface area is 100 Å². The predicted octanol–water partition coefficient (Wildman–Crippen LogP) is 1.50. The van der Waals surface area contributed by atoms with Gasteiger partial charge < -0.3 is 10.4 Å². The van der Waals surface area contributed by atoms with Crippen molar-refractivity contribution in [2.75, 3.05) is 12.3 Å². The quantitative estimate of drug-likeness (QED) is 0.569. The second kappa shape index (κ2) is 4.65. The van der Waals surface area contributed by atoms with Crippen LogP contribution in [-0.4, -0.2) is 34.0 Å². The van der Waals surface area contributed by atoms with E-state index in [0.717, 1.165) is 5.75 Å². The second-order valence-corrected chi connectivity index (χ2v) is 7.03. The van der Waals surface area contributed by atoms with Crippen LogP contribution in [0.2, 0.25) is 0 Å². The van der Waals surface area contributed by atoms with Crippen molar-refractivity contribution in [2.24, 2.45) is 5.41 Å². The summed E-state index contributed by atoms with van der Waals surface area (Å²) >= 11 is 1.75. The summed E-state index contributed by atoms with van der Waals surface area (Å²) < 4.78 is 0.175. The van der Waals surface area contributed by atoms with Crippen molar-refractivity contribution < 1.29 is 14.7 Å². The molecule has 0 heterocycles. The second-order valence-electron chi connectivity index (χ2n) is 5.10. The van der Waals surface area contributed by atoms with Gasteiger partial charge >= 0.3 is 5.97 Å². The summed E-state index contributed by atoms with van der Waals surface area (Å²) in [4.78, 5) is 22.4. The monoisotopic (exact) mass is 245 g/mol. The van der Waals surface area contributed by atoms with E-state index in [9.17, 15) is 9.59 Å². The molecule has 0 atom stereocenters. The van der Waals surface area contributed by atoms with Crippen LogP contribution in [0.25, 0.3) is 0 Å². The third-order valence-electron chi connectivity index (χ3n) is 2.52. The summed E-state index contributed by atoms with van der Waals surface area (Å²) in [5, 5.41) is 11.6. The van der Waals surface area contributed by atoms with Crippen molar-refractivity contribution >= 4 is 23.6 Å². The molecule has 1 aliphatic rings. The highest BCUT2D eigenvalue weighted by atomic mass is 32.2. The molecule has 92 valence electrons. The number of nitrogens with one attached hydrogen (secondary N) is 1. The number of aliphatic carboxylic acids is 1. The summed E-state index contributed by atoms with van der Waals surface area (Å²) in [6, 6.07) is 0. The Morgan fingerprint density at radius 1 is 1.38 bits per heavy atom. The lowest BCUT2D eigenvalue weighted by atomic mass is 10.1. The van der Waals surface area contributed by atoms with Crippen molar-refractivity contribution in [2.45, 2.75) is 38.4 Å². The number of rotatable bonds is 5. The first-order chi connectivity index (χ1) is 7.28. The van der Waals surface area contributed by atoms with Gasteiger partial charge in [0.2, 0.25) is 5.91 Å². The molecule has 1 aliphatic carbocycles. The van der Waals surface area contributed by atoms with Crippen LogP contribution in [0.3, 0.4) is 0 Å². The number of carbonyl (C=O) groups is 2. The van der Waals surface area contributed by atoms with Gasteiger partial charge in [-0.2, -0.15) is 11.8 Å². The molecule has 0 aromatic rings. The molecule has 4 nitrogen and oxygen atoms in total. The lowest BCUT2D eigenvalue weighted by Gasteiger charge is -2.18. The number of hydrogen-bond donors (Lipinski definition) is 2. The van der Waals surface area contributed by atoms with Gasteiger partial charge in [0, 0.05) is 17.0 Å². The average Bonchev–Trinajstić information content (AvgIpc) is 2.90. The first-order valence-electron chi connectivity index (χ1n) is 5.44. The minimum atomic E-state index is -1.10. The Morgan fingerprint density at radius 3 is 2.31 bits per heavy atom. The van der Waals surface area contributed by atoms with E-state index in [1.165, 1.54) is 0 Å². The van der Waals surface area contributed by atoms with E-state index in [1.54, 1.807) is 11.8 Å². The van der Waals surface area contributed by atoms with E-state index in [-0.39, 0.29) is 10.7 Å². The molecule has 0 unspecified atom stereocenters.